The third-order valence-electron chi connectivity index (χ3n) is 2.51. The first-order valence-electron chi connectivity index (χ1n) is 5.29. The standard InChI is InChI=1S/C9H21O5PSi/c1-6-9(7-2,15(11,12)13)8(10)14-16(3,4)5/h6-7H2,1-5H3,(H2,11,12,13). The predicted octanol–water partition coefficient (Wildman–Crippen LogP) is 2.10. The lowest BCUT2D eigenvalue weighted by atomic mass is 10.0. The van der Waals surface area contributed by atoms with Gasteiger partial charge in [0, 0.05) is 0 Å². The maximum absolute atomic E-state index is 11.9. The van der Waals surface area contributed by atoms with Crippen molar-refractivity contribution < 1.29 is 23.6 Å². The van der Waals surface area contributed by atoms with E-state index in [1.807, 2.05) is 0 Å². The average molecular weight is 268 g/mol. The van der Waals surface area contributed by atoms with Gasteiger partial charge in [0.2, 0.25) is 8.32 Å². The highest BCUT2D eigenvalue weighted by Gasteiger charge is 2.52. The van der Waals surface area contributed by atoms with E-state index >= 15 is 0 Å². The van der Waals surface area contributed by atoms with Crippen LogP contribution in [0.4, 0.5) is 0 Å². The smallest absolute Gasteiger partial charge is 0.342 e. The molecule has 5 nitrogen and oxygen atoms in total. The Morgan fingerprint density at radius 2 is 1.62 bits per heavy atom. The zero-order valence-electron chi connectivity index (χ0n) is 10.5. The van der Waals surface area contributed by atoms with Crippen LogP contribution in [0.25, 0.3) is 0 Å². The first-order chi connectivity index (χ1) is 7.00. The van der Waals surface area contributed by atoms with Gasteiger partial charge in [0.15, 0.2) is 5.16 Å². The van der Waals surface area contributed by atoms with Crippen molar-refractivity contribution in [3.8, 4) is 0 Å². The van der Waals surface area contributed by atoms with Crippen molar-refractivity contribution in [1.82, 2.24) is 0 Å². The van der Waals surface area contributed by atoms with Crippen molar-refractivity contribution in [3.63, 3.8) is 0 Å². The summed E-state index contributed by atoms with van der Waals surface area (Å²) in [4.78, 5) is 30.6. The van der Waals surface area contributed by atoms with Gasteiger partial charge in [0.25, 0.3) is 0 Å². The quantitative estimate of drug-likeness (QED) is 0.589. The van der Waals surface area contributed by atoms with Crippen molar-refractivity contribution >= 4 is 21.9 Å². The molecule has 0 atom stereocenters. The SMILES string of the molecule is CCC(CC)(C(=O)O[Si](C)(C)C)P(=O)(O)O. The maximum Gasteiger partial charge on any atom is 0.342 e. The molecule has 0 heterocycles. The highest BCUT2D eigenvalue weighted by atomic mass is 31.2. The molecule has 0 radical (unpaired) electrons. The largest absolute Gasteiger partial charge is 0.519 e. The van der Waals surface area contributed by atoms with Crippen LogP contribution in [0, 0.1) is 0 Å². The molecule has 0 spiro atoms. The molecule has 0 saturated heterocycles. The number of hydrogen-bond acceptors (Lipinski definition) is 3. The van der Waals surface area contributed by atoms with Crippen molar-refractivity contribution in [3.05, 3.63) is 0 Å². The highest BCUT2D eigenvalue weighted by Crippen LogP contribution is 2.55. The van der Waals surface area contributed by atoms with Crippen LogP contribution in [-0.2, 0) is 13.8 Å². The van der Waals surface area contributed by atoms with Crippen LogP contribution in [0.2, 0.25) is 19.6 Å². The molecule has 0 saturated carbocycles. The predicted molar refractivity (Wildman–Crippen MR) is 64.8 cm³/mol. The van der Waals surface area contributed by atoms with Crippen LogP contribution in [0.3, 0.4) is 0 Å². The van der Waals surface area contributed by atoms with Crippen LogP contribution in [0.1, 0.15) is 26.7 Å². The lowest BCUT2D eigenvalue weighted by Crippen LogP contribution is -2.44. The van der Waals surface area contributed by atoms with E-state index in [1.165, 1.54) is 0 Å². The normalized spacial score (nSPS) is 13.7. The number of hydrogen-bond donors (Lipinski definition) is 2. The Labute approximate surface area is 97.5 Å². The van der Waals surface area contributed by atoms with E-state index in [9.17, 15) is 19.1 Å². The van der Waals surface area contributed by atoms with Gasteiger partial charge in [-0.25, -0.2) is 0 Å². The Bertz CT molecular complexity index is 300. The average Bonchev–Trinajstić information content (AvgIpc) is 2.00. The molecule has 96 valence electrons. The van der Waals surface area contributed by atoms with Crippen molar-refractivity contribution in [2.45, 2.75) is 51.5 Å². The summed E-state index contributed by atoms with van der Waals surface area (Å²) >= 11 is 0. The topological polar surface area (TPSA) is 83.8 Å². The van der Waals surface area contributed by atoms with Crippen molar-refractivity contribution in [2.24, 2.45) is 0 Å². The van der Waals surface area contributed by atoms with E-state index < -0.39 is 27.0 Å². The Hall–Kier alpha value is -0.163. The molecule has 2 N–H and O–H groups in total. The molecule has 0 unspecified atom stereocenters. The zero-order valence-corrected chi connectivity index (χ0v) is 12.4. The summed E-state index contributed by atoms with van der Waals surface area (Å²) in [6, 6.07) is 0. The molecule has 0 aliphatic heterocycles. The molecule has 0 aliphatic carbocycles. The van der Waals surface area contributed by atoms with Crippen LogP contribution < -0.4 is 0 Å². The Morgan fingerprint density at radius 1 is 1.25 bits per heavy atom. The fourth-order valence-electron chi connectivity index (χ4n) is 1.44. The van der Waals surface area contributed by atoms with Gasteiger partial charge in [0.1, 0.15) is 0 Å². The van der Waals surface area contributed by atoms with E-state index in [0.29, 0.717) is 0 Å². The van der Waals surface area contributed by atoms with E-state index in [-0.39, 0.29) is 12.8 Å². The minimum Gasteiger partial charge on any atom is -0.519 e. The van der Waals surface area contributed by atoms with E-state index in [2.05, 4.69) is 0 Å². The second-order valence-electron chi connectivity index (χ2n) is 4.78. The molecule has 0 amide bonds. The molecule has 0 aliphatic rings. The number of carbonyl (C=O) groups excluding carboxylic acids is 1. The van der Waals surface area contributed by atoms with E-state index in [0.717, 1.165) is 0 Å². The minimum atomic E-state index is -4.50. The summed E-state index contributed by atoms with van der Waals surface area (Å²) in [6.45, 7) is 8.60. The second-order valence-corrected chi connectivity index (χ2v) is 11.2. The number of carbonyl (C=O) groups is 1. The summed E-state index contributed by atoms with van der Waals surface area (Å²) in [7, 11) is -6.64. The summed E-state index contributed by atoms with van der Waals surface area (Å²) in [5.41, 5.74) is 0. The molecule has 16 heavy (non-hydrogen) atoms. The Kier molecular flexibility index (Phi) is 4.95. The Morgan fingerprint density at radius 3 is 1.81 bits per heavy atom. The molecule has 0 bridgehead atoms. The molecule has 0 fully saturated rings. The fraction of sp³-hybridized carbons (Fsp3) is 0.889. The summed E-state index contributed by atoms with van der Waals surface area (Å²) in [5, 5.41) is -1.67. The fourth-order valence-corrected chi connectivity index (χ4v) is 3.39. The monoisotopic (exact) mass is 268 g/mol. The molecule has 0 rings (SSSR count). The molecular weight excluding hydrogens is 247 g/mol. The van der Waals surface area contributed by atoms with Crippen LogP contribution in [-0.4, -0.2) is 29.2 Å². The van der Waals surface area contributed by atoms with E-state index in [1.54, 1.807) is 33.5 Å². The van der Waals surface area contributed by atoms with Gasteiger partial charge in [-0.05, 0) is 32.5 Å². The van der Waals surface area contributed by atoms with Crippen molar-refractivity contribution in [1.29, 1.82) is 0 Å². The maximum atomic E-state index is 11.9. The summed E-state index contributed by atoms with van der Waals surface area (Å²) in [5.74, 6) is -0.759. The van der Waals surface area contributed by atoms with Gasteiger partial charge in [0.05, 0.1) is 0 Å². The molecule has 0 aromatic heterocycles. The Balaban J connectivity index is 5.23. The summed E-state index contributed by atoms with van der Waals surface area (Å²) in [6.07, 6.45) is 0.161. The minimum absolute atomic E-state index is 0.0804. The highest BCUT2D eigenvalue weighted by molar-refractivity contribution is 7.54. The molecule has 0 aromatic carbocycles. The van der Waals surface area contributed by atoms with Gasteiger partial charge in [-0.3, -0.25) is 9.36 Å². The second kappa shape index (κ2) is 5.00. The van der Waals surface area contributed by atoms with Gasteiger partial charge < -0.3 is 14.2 Å². The molecule has 0 aromatic rings. The zero-order chi connectivity index (χ0) is 13.2. The first-order valence-corrected chi connectivity index (χ1v) is 10.3. The lowest BCUT2D eigenvalue weighted by Gasteiger charge is -2.32. The van der Waals surface area contributed by atoms with Crippen molar-refractivity contribution in [2.75, 3.05) is 0 Å². The van der Waals surface area contributed by atoms with Gasteiger partial charge in [-0.1, -0.05) is 13.8 Å². The first kappa shape index (κ1) is 15.8. The third-order valence-corrected chi connectivity index (χ3v) is 5.23. The van der Waals surface area contributed by atoms with E-state index in [4.69, 9.17) is 4.43 Å². The van der Waals surface area contributed by atoms with Crippen LogP contribution in [0.5, 0.6) is 0 Å². The third kappa shape index (κ3) is 3.42. The lowest BCUT2D eigenvalue weighted by molar-refractivity contribution is -0.139. The van der Waals surface area contributed by atoms with Gasteiger partial charge in [-0.15, -0.1) is 0 Å². The molecular formula is C9H21O5PSi. The van der Waals surface area contributed by atoms with Crippen LogP contribution >= 0.6 is 7.60 Å². The van der Waals surface area contributed by atoms with Gasteiger partial charge in [-0.2, -0.15) is 0 Å². The number of rotatable bonds is 5. The van der Waals surface area contributed by atoms with Gasteiger partial charge >= 0.3 is 13.6 Å². The van der Waals surface area contributed by atoms with Crippen LogP contribution in [0.15, 0.2) is 0 Å². The summed E-state index contributed by atoms with van der Waals surface area (Å²) < 4.78 is 16.7. The molecule has 7 heteroatoms.